The Labute approximate surface area is 158 Å². The first kappa shape index (κ1) is 18.9. The average Bonchev–Trinajstić information content (AvgIpc) is 3.02. The molecule has 1 heterocycles. The molecule has 0 aliphatic carbocycles. The first-order valence-electron chi connectivity index (χ1n) is 7.57. The van der Waals surface area contributed by atoms with Crippen LogP contribution in [0.25, 0.3) is 10.2 Å². The predicted octanol–water partition coefficient (Wildman–Crippen LogP) is 2.71. The smallest absolute Gasteiger partial charge is 0.270 e. The Bertz CT molecular complexity index is 1150. The van der Waals surface area contributed by atoms with Gasteiger partial charge in [-0.1, -0.05) is 17.4 Å². The molecule has 0 unspecified atom stereocenters. The molecule has 0 aliphatic heterocycles. The molecule has 140 valence electrons. The molecule has 0 spiro atoms. The quantitative estimate of drug-likeness (QED) is 0.513. The van der Waals surface area contributed by atoms with Crippen molar-refractivity contribution in [1.29, 1.82) is 0 Å². The van der Waals surface area contributed by atoms with Crippen molar-refractivity contribution < 1.29 is 18.1 Å². The normalized spacial score (nSPS) is 11.7. The molecule has 1 amide bonds. The Morgan fingerprint density at radius 1 is 1.22 bits per heavy atom. The standard InChI is InChI=1S/C16H14N4O5S2/c1-19(2)27(24,25)12-5-3-4-10(8-12)15(21)18-16-17-13-7-6-11(20(22)23)9-14(13)26-16/h3-9H,1-2H3,(H,17,18,21). The molecule has 0 saturated carbocycles. The van der Waals surface area contributed by atoms with Crippen molar-refractivity contribution in [2.24, 2.45) is 0 Å². The van der Waals surface area contributed by atoms with Crippen LogP contribution in [-0.4, -0.2) is 42.6 Å². The van der Waals surface area contributed by atoms with Crippen molar-refractivity contribution in [2.75, 3.05) is 19.4 Å². The Morgan fingerprint density at radius 2 is 1.96 bits per heavy atom. The topological polar surface area (TPSA) is 123 Å². The van der Waals surface area contributed by atoms with Gasteiger partial charge in [0.15, 0.2) is 5.13 Å². The number of thiazole rings is 1. The van der Waals surface area contributed by atoms with Crippen LogP contribution < -0.4 is 5.32 Å². The van der Waals surface area contributed by atoms with Crippen LogP contribution in [0, 0.1) is 10.1 Å². The minimum atomic E-state index is -3.66. The van der Waals surface area contributed by atoms with Crippen molar-refractivity contribution >= 4 is 48.3 Å². The van der Waals surface area contributed by atoms with Crippen LogP contribution in [0.15, 0.2) is 47.4 Å². The summed E-state index contributed by atoms with van der Waals surface area (Å²) in [5.74, 6) is -0.528. The Morgan fingerprint density at radius 3 is 2.63 bits per heavy atom. The zero-order valence-electron chi connectivity index (χ0n) is 14.2. The van der Waals surface area contributed by atoms with Gasteiger partial charge < -0.3 is 0 Å². The van der Waals surface area contributed by atoms with Gasteiger partial charge in [-0.2, -0.15) is 0 Å². The van der Waals surface area contributed by atoms with Gasteiger partial charge in [-0.15, -0.1) is 0 Å². The van der Waals surface area contributed by atoms with E-state index < -0.39 is 20.9 Å². The lowest BCUT2D eigenvalue weighted by atomic mass is 10.2. The number of benzene rings is 2. The number of rotatable bonds is 5. The number of hydrogen-bond acceptors (Lipinski definition) is 7. The summed E-state index contributed by atoms with van der Waals surface area (Å²) in [5, 5.41) is 13.7. The number of sulfonamides is 1. The van der Waals surface area contributed by atoms with Crippen LogP contribution >= 0.6 is 11.3 Å². The van der Waals surface area contributed by atoms with Crippen molar-refractivity contribution in [1.82, 2.24) is 9.29 Å². The molecule has 0 fully saturated rings. The van der Waals surface area contributed by atoms with Crippen LogP contribution in [0.4, 0.5) is 10.8 Å². The van der Waals surface area contributed by atoms with Crippen molar-refractivity contribution in [2.45, 2.75) is 4.90 Å². The SMILES string of the molecule is CN(C)S(=O)(=O)c1cccc(C(=O)Nc2nc3ccc([N+](=O)[O-])cc3s2)c1. The molecule has 3 rings (SSSR count). The molecular weight excluding hydrogens is 392 g/mol. The number of nitro groups is 1. The lowest BCUT2D eigenvalue weighted by molar-refractivity contribution is -0.384. The molecule has 2 aromatic carbocycles. The Kier molecular flexibility index (Phi) is 4.91. The van der Waals surface area contributed by atoms with Crippen molar-refractivity contribution in [3.05, 3.63) is 58.1 Å². The summed E-state index contributed by atoms with van der Waals surface area (Å²) >= 11 is 1.09. The number of nitrogens with one attached hydrogen (secondary N) is 1. The highest BCUT2D eigenvalue weighted by Gasteiger charge is 2.19. The van der Waals surface area contributed by atoms with Crippen LogP contribution in [0.3, 0.4) is 0 Å². The summed E-state index contributed by atoms with van der Waals surface area (Å²) < 4.78 is 26.0. The summed E-state index contributed by atoms with van der Waals surface area (Å²) in [7, 11) is -0.852. The lowest BCUT2D eigenvalue weighted by Crippen LogP contribution is -2.22. The minimum absolute atomic E-state index is 0.0000691. The van der Waals surface area contributed by atoms with E-state index in [1.165, 1.54) is 56.6 Å². The number of carbonyl (C=O) groups excluding carboxylic acids is 1. The fourth-order valence-corrected chi connectivity index (χ4v) is 4.10. The molecular formula is C16H14N4O5S2. The van der Waals surface area contributed by atoms with E-state index >= 15 is 0 Å². The van der Waals surface area contributed by atoms with E-state index in [0.29, 0.717) is 10.2 Å². The first-order chi connectivity index (χ1) is 12.7. The maximum atomic E-state index is 12.5. The number of anilines is 1. The third-order valence-electron chi connectivity index (χ3n) is 3.68. The number of nitro benzene ring substituents is 1. The van der Waals surface area contributed by atoms with E-state index in [-0.39, 0.29) is 21.3 Å². The highest BCUT2D eigenvalue weighted by Crippen LogP contribution is 2.29. The fourth-order valence-electron chi connectivity index (χ4n) is 2.26. The molecule has 0 aliphatic rings. The Hall–Kier alpha value is -2.89. The second-order valence-electron chi connectivity index (χ2n) is 5.70. The summed E-state index contributed by atoms with van der Waals surface area (Å²) in [6, 6.07) is 9.88. The van der Waals surface area contributed by atoms with Gasteiger partial charge in [0.25, 0.3) is 11.6 Å². The zero-order chi connectivity index (χ0) is 19.8. The summed E-state index contributed by atoms with van der Waals surface area (Å²) in [4.78, 5) is 27.0. The van der Waals surface area contributed by atoms with Crippen LogP contribution in [-0.2, 0) is 10.0 Å². The van der Waals surface area contributed by atoms with Crippen molar-refractivity contribution in [3.63, 3.8) is 0 Å². The van der Waals surface area contributed by atoms with Crippen LogP contribution in [0.2, 0.25) is 0 Å². The van der Waals surface area contributed by atoms with Gasteiger partial charge in [0.2, 0.25) is 10.0 Å². The molecule has 0 radical (unpaired) electrons. The van der Waals surface area contributed by atoms with E-state index in [1.54, 1.807) is 0 Å². The number of carbonyl (C=O) groups is 1. The molecule has 1 aromatic heterocycles. The minimum Gasteiger partial charge on any atom is -0.298 e. The van der Waals surface area contributed by atoms with E-state index in [2.05, 4.69) is 10.3 Å². The predicted molar refractivity (Wildman–Crippen MR) is 102 cm³/mol. The van der Waals surface area contributed by atoms with Crippen LogP contribution in [0.5, 0.6) is 0 Å². The maximum Gasteiger partial charge on any atom is 0.270 e. The van der Waals surface area contributed by atoms with Gasteiger partial charge in [0.1, 0.15) is 0 Å². The largest absolute Gasteiger partial charge is 0.298 e. The van der Waals surface area contributed by atoms with Gasteiger partial charge >= 0.3 is 0 Å². The second-order valence-corrected chi connectivity index (χ2v) is 8.88. The number of nitrogens with zero attached hydrogens (tertiary/aromatic N) is 3. The van der Waals surface area contributed by atoms with Gasteiger partial charge in [0.05, 0.1) is 20.0 Å². The van der Waals surface area contributed by atoms with E-state index in [0.717, 1.165) is 15.6 Å². The number of fused-ring (bicyclic) bond motifs is 1. The monoisotopic (exact) mass is 406 g/mol. The summed E-state index contributed by atoms with van der Waals surface area (Å²) in [5.41, 5.74) is 0.610. The van der Waals surface area contributed by atoms with E-state index in [4.69, 9.17) is 0 Å². The van der Waals surface area contributed by atoms with Gasteiger partial charge in [-0.25, -0.2) is 17.7 Å². The molecule has 0 saturated heterocycles. The molecule has 0 bridgehead atoms. The molecule has 1 N–H and O–H groups in total. The second kappa shape index (κ2) is 7.02. The van der Waals surface area contributed by atoms with E-state index in [9.17, 15) is 23.3 Å². The number of aromatic nitrogens is 1. The highest BCUT2D eigenvalue weighted by atomic mass is 32.2. The number of hydrogen-bond donors (Lipinski definition) is 1. The number of non-ortho nitro benzene ring substituents is 1. The molecule has 11 heteroatoms. The lowest BCUT2D eigenvalue weighted by Gasteiger charge is -2.12. The maximum absolute atomic E-state index is 12.5. The average molecular weight is 406 g/mol. The highest BCUT2D eigenvalue weighted by molar-refractivity contribution is 7.89. The van der Waals surface area contributed by atoms with Gasteiger partial charge in [-0.3, -0.25) is 20.2 Å². The van der Waals surface area contributed by atoms with Crippen molar-refractivity contribution in [3.8, 4) is 0 Å². The molecule has 3 aromatic rings. The third kappa shape index (κ3) is 3.79. The summed E-state index contributed by atoms with van der Waals surface area (Å²) in [6.07, 6.45) is 0. The van der Waals surface area contributed by atoms with Gasteiger partial charge in [0, 0.05) is 31.8 Å². The zero-order valence-corrected chi connectivity index (χ0v) is 15.9. The fraction of sp³-hybridized carbons (Fsp3) is 0.125. The first-order valence-corrected chi connectivity index (χ1v) is 9.83. The summed E-state index contributed by atoms with van der Waals surface area (Å²) in [6.45, 7) is 0. The Balaban J connectivity index is 1.87. The van der Waals surface area contributed by atoms with Crippen LogP contribution in [0.1, 0.15) is 10.4 Å². The third-order valence-corrected chi connectivity index (χ3v) is 6.42. The molecule has 0 atom stereocenters. The molecule has 9 nitrogen and oxygen atoms in total. The number of amides is 1. The molecule has 27 heavy (non-hydrogen) atoms. The van der Waals surface area contributed by atoms with E-state index in [1.807, 2.05) is 0 Å². The van der Waals surface area contributed by atoms with Gasteiger partial charge in [-0.05, 0) is 24.3 Å².